The van der Waals surface area contributed by atoms with Crippen LogP contribution in [0.3, 0.4) is 0 Å². The van der Waals surface area contributed by atoms with Crippen LogP contribution in [0.5, 0.6) is 5.75 Å². The Hall–Kier alpha value is -1.63. The number of ether oxygens (including phenoxy) is 2. The second kappa shape index (κ2) is 6.86. The first-order chi connectivity index (χ1) is 11.1. The fourth-order valence-electron chi connectivity index (χ4n) is 2.43. The Balaban J connectivity index is 1.72. The van der Waals surface area contributed by atoms with E-state index in [4.69, 9.17) is 21.1 Å². The maximum atomic E-state index is 9.86. The standard InChI is InChI=1S/C17H17ClO5/c18-13-4-2-1-3-12(13)10-5-7-11(8-6-10)23-17-16(21)15(20)14(19)9-22-17/h1-8,14-17,19-21H,9H2. The van der Waals surface area contributed by atoms with Crippen molar-refractivity contribution >= 4 is 11.6 Å². The Morgan fingerprint density at radius 1 is 0.957 bits per heavy atom. The predicted molar refractivity (Wildman–Crippen MR) is 85.3 cm³/mol. The zero-order valence-electron chi connectivity index (χ0n) is 12.2. The molecule has 0 amide bonds. The molecule has 4 atom stereocenters. The van der Waals surface area contributed by atoms with E-state index in [0.29, 0.717) is 10.8 Å². The van der Waals surface area contributed by atoms with Crippen molar-refractivity contribution in [2.75, 3.05) is 6.61 Å². The Labute approximate surface area is 138 Å². The van der Waals surface area contributed by atoms with Crippen molar-refractivity contribution < 1.29 is 24.8 Å². The second-order valence-electron chi connectivity index (χ2n) is 5.37. The molecular formula is C17H17ClO5. The van der Waals surface area contributed by atoms with Gasteiger partial charge in [0.2, 0.25) is 6.29 Å². The normalized spacial score (nSPS) is 27.7. The summed E-state index contributed by atoms with van der Waals surface area (Å²) in [6.45, 7) is -0.0966. The van der Waals surface area contributed by atoms with Gasteiger partial charge in [-0.2, -0.15) is 0 Å². The molecule has 23 heavy (non-hydrogen) atoms. The predicted octanol–water partition coefficient (Wildman–Crippen LogP) is 1.82. The van der Waals surface area contributed by atoms with Crippen molar-refractivity contribution in [3.63, 3.8) is 0 Å². The van der Waals surface area contributed by atoms with E-state index in [-0.39, 0.29) is 6.61 Å². The van der Waals surface area contributed by atoms with Gasteiger partial charge in [0.05, 0.1) is 6.61 Å². The van der Waals surface area contributed by atoms with Crippen molar-refractivity contribution in [3.05, 3.63) is 53.6 Å². The minimum Gasteiger partial charge on any atom is -0.462 e. The third-order valence-corrected chi connectivity index (χ3v) is 4.08. The van der Waals surface area contributed by atoms with Gasteiger partial charge < -0.3 is 24.8 Å². The first kappa shape index (κ1) is 16.2. The van der Waals surface area contributed by atoms with E-state index in [1.54, 1.807) is 12.1 Å². The summed E-state index contributed by atoms with van der Waals surface area (Å²) in [6, 6.07) is 14.7. The molecule has 0 saturated carbocycles. The van der Waals surface area contributed by atoms with Gasteiger partial charge in [0.15, 0.2) is 0 Å². The van der Waals surface area contributed by atoms with E-state index in [1.165, 1.54) is 0 Å². The van der Waals surface area contributed by atoms with Gasteiger partial charge in [0.25, 0.3) is 0 Å². The van der Waals surface area contributed by atoms with Crippen LogP contribution in [0.25, 0.3) is 11.1 Å². The summed E-state index contributed by atoms with van der Waals surface area (Å²) in [5.74, 6) is 0.480. The molecule has 1 fully saturated rings. The Morgan fingerprint density at radius 3 is 2.35 bits per heavy atom. The van der Waals surface area contributed by atoms with Crippen LogP contribution in [0.1, 0.15) is 0 Å². The lowest BCUT2D eigenvalue weighted by Gasteiger charge is -2.34. The molecule has 3 rings (SSSR count). The third kappa shape index (κ3) is 3.49. The Kier molecular flexibility index (Phi) is 4.84. The maximum Gasteiger partial charge on any atom is 0.228 e. The smallest absolute Gasteiger partial charge is 0.228 e. The molecule has 6 heteroatoms. The number of rotatable bonds is 3. The SMILES string of the molecule is OC1COC(Oc2ccc(-c3ccccc3Cl)cc2)C(O)C1O. The minimum absolute atomic E-state index is 0.0966. The average Bonchev–Trinajstić information content (AvgIpc) is 2.57. The van der Waals surface area contributed by atoms with E-state index in [0.717, 1.165) is 11.1 Å². The van der Waals surface area contributed by atoms with E-state index in [2.05, 4.69) is 0 Å². The second-order valence-corrected chi connectivity index (χ2v) is 5.78. The van der Waals surface area contributed by atoms with Crippen LogP contribution in [0.2, 0.25) is 5.02 Å². The highest BCUT2D eigenvalue weighted by Crippen LogP contribution is 2.29. The summed E-state index contributed by atoms with van der Waals surface area (Å²) in [5, 5.41) is 29.6. The molecule has 0 aromatic heterocycles. The monoisotopic (exact) mass is 336 g/mol. The van der Waals surface area contributed by atoms with Crippen molar-refractivity contribution in [2.24, 2.45) is 0 Å². The summed E-state index contributed by atoms with van der Waals surface area (Å²) in [4.78, 5) is 0. The molecule has 2 aromatic carbocycles. The van der Waals surface area contributed by atoms with Crippen LogP contribution in [0, 0.1) is 0 Å². The van der Waals surface area contributed by atoms with E-state index in [9.17, 15) is 15.3 Å². The zero-order chi connectivity index (χ0) is 16.4. The van der Waals surface area contributed by atoms with Crippen molar-refractivity contribution in [1.82, 2.24) is 0 Å². The largest absolute Gasteiger partial charge is 0.462 e. The van der Waals surface area contributed by atoms with Gasteiger partial charge >= 0.3 is 0 Å². The molecule has 0 aliphatic carbocycles. The number of hydrogen-bond donors (Lipinski definition) is 3. The summed E-state index contributed by atoms with van der Waals surface area (Å²) >= 11 is 6.17. The molecule has 0 radical (unpaired) electrons. The number of aliphatic hydroxyl groups is 3. The van der Waals surface area contributed by atoms with Crippen LogP contribution in [-0.4, -0.2) is 46.5 Å². The number of halogens is 1. The minimum atomic E-state index is -1.32. The zero-order valence-corrected chi connectivity index (χ0v) is 12.9. The Bertz CT molecular complexity index is 660. The molecule has 0 bridgehead atoms. The van der Waals surface area contributed by atoms with Crippen LogP contribution in [-0.2, 0) is 4.74 Å². The summed E-state index contributed by atoms with van der Waals surface area (Å²) in [6.07, 6.45) is -4.76. The van der Waals surface area contributed by atoms with Gasteiger partial charge in [-0.25, -0.2) is 0 Å². The van der Waals surface area contributed by atoms with Gasteiger partial charge in [-0.3, -0.25) is 0 Å². The molecular weight excluding hydrogens is 320 g/mol. The highest BCUT2D eigenvalue weighted by Gasteiger charge is 2.38. The van der Waals surface area contributed by atoms with Crippen LogP contribution >= 0.6 is 11.6 Å². The van der Waals surface area contributed by atoms with Crippen molar-refractivity contribution in [2.45, 2.75) is 24.6 Å². The van der Waals surface area contributed by atoms with Gasteiger partial charge in [-0.1, -0.05) is 41.9 Å². The summed E-state index contributed by atoms with van der Waals surface area (Å²) in [7, 11) is 0. The molecule has 1 aliphatic heterocycles. The molecule has 1 heterocycles. The molecule has 0 spiro atoms. The van der Waals surface area contributed by atoms with E-state index in [1.807, 2.05) is 36.4 Å². The topological polar surface area (TPSA) is 79.2 Å². The Morgan fingerprint density at radius 2 is 1.65 bits per heavy atom. The van der Waals surface area contributed by atoms with Crippen molar-refractivity contribution in [3.8, 4) is 16.9 Å². The van der Waals surface area contributed by atoms with Crippen LogP contribution in [0.15, 0.2) is 48.5 Å². The highest BCUT2D eigenvalue weighted by molar-refractivity contribution is 6.33. The molecule has 3 N–H and O–H groups in total. The number of benzene rings is 2. The first-order valence-corrected chi connectivity index (χ1v) is 7.61. The van der Waals surface area contributed by atoms with Gasteiger partial charge in [0.1, 0.15) is 24.1 Å². The highest BCUT2D eigenvalue weighted by atomic mass is 35.5. The number of aliphatic hydroxyl groups excluding tert-OH is 3. The van der Waals surface area contributed by atoms with Gasteiger partial charge in [-0.05, 0) is 23.8 Å². The number of hydrogen-bond acceptors (Lipinski definition) is 5. The quantitative estimate of drug-likeness (QED) is 0.797. The molecule has 122 valence electrons. The van der Waals surface area contributed by atoms with Gasteiger partial charge in [0, 0.05) is 10.6 Å². The average molecular weight is 337 g/mol. The molecule has 5 nitrogen and oxygen atoms in total. The summed E-state index contributed by atoms with van der Waals surface area (Å²) in [5.41, 5.74) is 1.84. The maximum absolute atomic E-state index is 9.86. The van der Waals surface area contributed by atoms with Gasteiger partial charge in [-0.15, -0.1) is 0 Å². The van der Waals surface area contributed by atoms with E-state index >= 15 is 0 Å². The molecule has 1 aliphatic rings. The van der Waals surface area contributed by atoms with Crippen LogP contribution < -0.4 is 4.74 Å². The fraction of sp³-hybridized carbons (Fsp3) is 0.294. The van der Waals surface area contributed by atoms with E-state index < -0.39 is 24.6 Å². The molecule has 1 saturated heterocycles. The third-order valence-electron chi connectivity index (χ3n) is 3.75. The lowest BCUT2D eigenvalue weighted by atomic mass is 10.1. The lowest BCUT2D eigenvalue weighted by molar-refractivity contribution is -0.242. The summed E-state index contributed by atoms with van der Waals surface area (Å²) < 4.78 is 10.7. The van der Waals surface area contributed by atoms with Crippen LogP contribution in [0.4, 0.5) is 0 Å². The first-order valence-electron chi connectivity index (χ1n) is 7.23. The van der Waals surface area contributed by atoms with Crippen molar-refractivity contribution in [1.29, 1.82) is 0 Å². The fourth-order valence-corrected chi connectivity index (χ4v) is 2.67. The molecule has 2 aromatic rings. The molecule has 4 unspecified atom stereocenters. The lowest BCUT2D eigenvalue weighted by Crippen LogP contribution is -2.54.